The van der Waals surface area contributed by atoms with Gasteiger partial charge in [0.1, 0.15) is 17.7 Å². The van der Waals surface area contributed by atoms with Crippen molar-refractivity contribution in [2.24, 2.45) is 0 Å². The number of hydrogen-bond donors (Lipinski definition) is 0. The Labute approximate surface area is 119 Å². The zero-order valence-electron chi connectivity index (χ0n) is 12.5. The van der Waals surface area contributed by atoms with E-state index >= 15 is 0 Å². The summed E-state index contributed by atoms with van der Waals surface area (Å²) in [6, 6.07) is 5.49. The van der Waals surface area contributed by atoms with E-state index in [2.05, 4.69) is 4.98 Å². The molecule has 0 unspecified atom stereocenters. The summed E-state index contributed by atoms with van der Waals surface area (Å²) in [6.45, 7) is 5.46. The molecule has 1 amide bonds. The summed E-state index contributed by atoms with van der Waals surface area (Å²) in [5, 5.41) is 0. The van der Waals surface area contributed by atoms with Gasteiger partial charge in [0.25, 0.3) is 0 Å². The minimum atomic E-state index is -0.535. The molecule has 0 spiro atoms. The van der Waals surface area contributed by atoms with Crippen LogP contribution < -0.4 is 4.90 Å². The summed E-state index contributed by atoms with van der Waals surface area (Å²) < 4.78 is 5.29. The Morgan fingerprint density at radius 2 is 2.10 bits per heavy atom. The molecule has 5 heteroatoms. The molecule has 0 fully saturated rings. The predicted octanol–water partition coefficient (Wildman–Crippen LogP) is 2.97. The minimum Gasteiger partial charge on any atom is -0.443 e. The number of aromatic nitrogens is 1. The van der Waals surface area contributed by atoms with E-state index in [-0.39, 0.29) is 0 Å². The van der Waals surface area contributed by atoms with Crippen LogP contribution in [0, 0.1) is 0 Å². The molecule has 1 rings (SSSR count). The van der Waals surface area contributed by atoms with Gasteiger partial charge in [-0.2, -0.15) is 0 Å². The molecular weight excluding hydrogens is 256 g/mol. The van der Waals surface area contributed by atoms with Crippen molar-refractivity contribution in [1.29, 1.82) is 0 Å². The van der Waals surface area contributed by atoms with Crippen LogP contribution in [0.15, 0.2) is 18.2 Å². The Morgan fingerprint density at radius 3 is 2.70 bits per heavy atom. The lowest BCUT2D eigenvalue weighted by Gasteiger charge is -2.24. The van der Waals surface area contributed by atoms with Crippen LogP contribution in [0.4, 0.5) is 10.6 Å². The lowest BCUT2D eigenvalue weighted by Crippen LogP contribution is -2.34. The normalized spacial score (nSPS) is 11.0. The number of pyridine rings is 1. The first-order chi connectivity index (χ1) is 9.33. The molecule has 1 aromatic heterocycles. The van der Waals surface area contributed by atoms with Crippen molar-refractivity contribution in [2.45, 2.75) is 45.6 Å². The van der Waals surface area contributed by atoms with Crippen molar-refractivity contribution < 1.29 is 14.3 Å². The van der Waals surface area contributed by atoms with Gasteiger partial charge in [-0.1, -0.05) is 6.07 Å². The third-order valence-corrected chi connectivity index (χ3v) is 2.56. The van der Waals surface area contributed by atoms with Gasteiger partial charge < -0.3 is 9.53 Å². The molecule has 0 saturated carbocycles. The van der Waals surface area contributed by atoms with E-state index < -0.39 is 11.7 Å². The van der Waals surface area contributed by atoms with Gasteiger partial charge in [-0.25, -0.2) is 9.78 Å². The van der Waals surface area contributed by atoms with Crippen molar-refractivity contribution in [3.63, 3.8) is 0 Å². The smallest absolute Gasteiger partial charge is 0.415 e. The molecule has 0 aromatic carbocycles. The van der Waals surface area contributed by atoms with Crippen LogP contribution in [-0.4, -0.2) is 30.0 Å². The van der Waals surface area contributed by atoms with Crippen molar-refractivity contribution in [3.05, 3.63) is 23.9 Å². The number of aldehydes is 1. The molecule has 0 aliphatic carbocycles. The first-order valence-corrected chi connectivity index (χ1v) is 6.70. The molecule has 0 aliphatic heterocycles. The van der Waals surface area contributed by atoms with Crippen molar-refractivity contribution in [3.8, 4) is 0 Å². The molecule has 0 atom stereocenters. The SMILES string of the molecule is CN(C(=O)OC(C)(C)C)c1cccc(CCCC=O)n1. The topological polar surface area (TPSA) is 59.5 Å². The maximum Gasteiger partial charge on any atom is 0.415 e. The van der Waals surface area contributed by atoms with Crippen LogP contribution in [0.25, 0.3) is 0 Å². The average molecular weight is 278 g/mol. The summed E-state index contributed by atoms with van der Waals surface area (Å²) in [5.41, 5.74) is 0.326. The van der Waals surface area contributed by atoms with Crippen LogP contribution in [0.3, 0.4) is 0 Å². The van der Waals surface area contributed by atoms with E-state index in [0.29, 0.717) is 12.2 Å². The molecule has 1 aromatic rings. The Morgan fingerprint density at radius 1 is 1.40 bits per heavy atom. The number of carbonyl (C=O) groups is 2. The molecule has 5 nitrogen and oxygen atoms in total. The monoisotopic (exact) mass is 278 g/mol. The highest BCUT2D eigenvalue weighted by molar-refractivity contribution is 5.85. The maximum atomic E-state index is 11.9. The summed E-state index contributed by atoms with van der Waals surface area (Å²) in [7, 11) is 1.63. The van der Waals surface area contributed by atoms with E-state index in [0.717, 1.165) is 24.8 Å². The van der Waals surface area contributed by atoms with E-state index in [1.165, 1.54) is 4.90 Å². The molecule has 0 N–H and O–H groups in total. The van der Waals surface area contributed by atoms with Crippen LogP contribution in [-0.2, 0) is 16.0 Å². The molecule has 0 bridgehead atoms. The average Bonchev–Trinajstić information content (AvgIpc) is 2.36. The molecular formula is C15H22N2O3. The van der Waals surface area contributed by atoms with Gasteiger partial charge in [-0.3, -0.25) is 4.90 Å². The van der Waals surface area contributed by atoms with Gasteiger partial charge >= 0.3 is 6.09 Å². The van der Waals surface area contributed by atoms with Crippen molar-refractivity contribution in [2.75, 3.05) is 11.9 Å². The van der Waals surface area contributed by atoms with Crippen LogP contribution >= 0.6 is 0 Å². The zero-order valence-corrected chi connectivity index (χ0v) is 12.5. The molecule has 1 heterocycles. The highest BCUT2D eigenvalue weighted by atomic mass is 16.6. The zero-order chi connectivity index (χ0) is 15.2. The number of aryl methyl sites for hydroxylation is 1. The summed E-state index contributed by atoms with van der Waals surface area (Å²) in [5.74, 6) is 0.544. The van der Waals surface area contributed by atoms with Crippen molar-refractivity contribution >= 4 is 18.2 Å². The maximum absolute atomic E-state index is 11.9. The standard InChI is InChI=1S/C15H22N2O3/c1-15(2,3)20-14(19)17(4)13-10-7-9-12(16-13)8-5-6-11-18/h7,9-11H,5-6,8H2,1-4H3. The van der Waals surface area contributed by atoms with E-state index in [4.69, 9.17) is 4.74 Å². The van der Waals surface area contributed by atoms with Gasteiger partial charge in [0.15, 0.2) is 0 Å². The fourth-order valence-corrected chi connectivity index (χ4v) is 1.58. The Kier molecular flexibility index (Phi) is 5.67. The number of anilines is 1. The van der Waals surface area contributed by atoms with Gasteiger partial charge in [0.05, 0.1) is 0 Å². The number of nitrogens with zero attached hydrogens (tertiary/aromatic N) is 2. The number of rotatable bonds is 5. The summed E-state index contributed by atoms with van der Waals surface area (Å²) in [4.78, 5) is 28.0. The fourth-order valence-electron chi connectivity index (χ4n) is 1.58. The van der Waals surface area contributed by atoms with Crippen molar-refractivity contribution in [1.82, 2.24) is 4.98 Å². The minimum absolute atomic E-state index is 0.435. The second-order valence-corrected chi connectivity index (χ2v) is 5.59. The predicted molar refractivity (Wildman–Crippen MR) is 77.9 cm³/mol. The molecule has 0 aliphatic rings. The third kappa shape index (κ3) is 5.38. The lowest BCUT2D eigenvalue weighted by molar-refractivity contribution is -0.107. The largest absolute Gasteiger partial charge is 0.443 e. The van der Waals surface area contributed by atoms with Gasteiger partial charge in [-0.15, -0.1) is 0 Å². The number of unbranched alkanes of at least 4 members (excludes halogenated alkanes) is 1. The van der Waals surface area contributed by atoms with Gasteiger partial charge in [-0.05, 0) is 45.7 Å². The first kappa shape index (κ1) is 16.1. The van der Waals surface area contributed by atoms with Crippen LogP contribution in [0.1, 0.15) is 39.3 Å². The number of hydrogen-bond acceptors (Lipinski definition) is 4. The fraction of sp³-hybridized carbons (Fsp3) is 0.533. The molecule has 0 radical (unpaired) electrons. The van der Waals surface area contributed by atoms with Gasteiger partial charge in [0, 0.05) is 19.2 Å². The highest BCUT2D eigenvalue weighted by Crippen LogP contribution is 2.15. The molecule has 110 valence electrons. The second-order valence-electron chi connectivity index (χ2n) is 5.59. The Balaban J connectivity index is 2.72. The number of ether oxygens (including phenoxy) is 1. The third-order valence-electron chi connectivity index (χ3n) is 2.56. The van der Waals surface area contributed by atoms with Crippen LogP contribution in [0.2, 0.25) is 0 Å². The Hall–Kier alpha value is -1.91. The molecule has 0 saturated heterocycles. The number of carbonyl (C=O) groups excluding carboxylic acids is 2. The van der Waals surface area contributed by atoms with E-state index in [1.807, 2.05) is 32.9 Å². The first-order valence-electron chi connectivity index (χ1n) is 6.70. The quantitative estimate of drug-likeness (QED) is 0.613. The van der Waals surface area contributed by atoms with Crippen LogP contribution in [0.5, 0.6) is 0 Å². The van der Waals surface area contributed by atoms with E-state index in [1.54, 1.807) is 13.1 Å². The number of amides is 1. The summed E-state index contributed by atoms with van der Waals surface area (Å²) in [6.07, 6.45) is 2.46. The lowest BCUT2D eigenvalue weighted by atomic mass is 10.2. The highest BCUT2D eigenvalue weighted by Gasteiger charge is 2.21. The second kappa shape index (κ2) is 7.03. The Bertz CT molecular complexity index is 466. The van der Waals surface area contributed by atoms with E-state index in [9.17, 15) is 9.59 Å². The molecule has 20 heavy (non-hydrogen) atoms. The summed E-state index contributed by atoms with van der Waals surface area (Å²) >= 11 is 0. The van der Waals surface area contributed by atoms with Gasteiger partial charge in [0.2, 0.25) is 0 Å².